The first kappa shape index (κ1) is 19.4. The number of nitrogens with one attached hydrogen (secondary N) is 2. The van der Waals surface area contributed by atoms with Crippen LogP contribution in [-0.4, -0.2) is 43.4 Å². The van der Waals surface area contributed by atoms with Crippen molar-refractivity contribution in [2.75, 3.05) is 32.0 Å². The lowest BCUT2D eigenvalue weighted by Crippen LogP contribution is -2.42. The number of rotatable bonds is 6. The lowest BCUT2D eigenvalue weighted by Gasteiger charge is -2.35. The molecule has 0 aliphatic carbocycles. The van der Waals surface area contributed by atoms with Gasteiger partial charge in [-0.1, -0.05) is 19.9 Å². The molecule has 1 heterocycles. The number of hydrogen-bond donors (Lipinski definition) is 2. The minimum atomic E-state index is -0.0110. The van der Waals surface area contributed by atoms with Gasteiger partial charge in [-0.05, 0) is 62.9 Å². The SMILES string of the molecule is CNCCCC(=O)Nc1cc(C(=O)N2CC(C)CC(C)C2)ccc1C. The molecule has 2 amide bonds. The summed E-state index contributed by atoms with van der Waals surface area (Å²) in [4.78, 5) is 26.9. The van der Waals surface area contributed by atoms with Crippen molar-refractivity contribution in [3.8, 4) is 0 Å². The molecule has 138 valence electrons. The molecular formula is C20H31N3O2. The first-order valence-electron chi connectivity index (χ1n) is 9.25. The molecule has 2 rings (SSSR count). The van der Waals surface area contributed by atoms with E-state index >= 15 is 0 Å². The van der Waals surface area contributed by atoms with E-state index in [4.69, 9.17) is 0 Å². The van der Waals surface area contributed by atoms with Crippen molar-refractivity contribution >= 4 is 17.5 Å². The fraction of sp³-hybridized carbons (Fsp3) is 0.600. The van der Waals surface area contributed by atoms with E-state index < -0.39 is 0 Å². The van der Waals surface area contributed by atoms with Crippen molar-refractivity contribution in [1.29, 1.82) is 0 Å². The minimum absolute atomic E-state index is 0.0110. The maximum Gasteiger partial charge on any atom is 0.253 e. The predicted octanol–water partition coefficient (Wildman–Crippen LogP) is 3.05. The van der Waals surface area contributed by atoms with Crippen molar-refractivity contribution in [2.24, 2.45) is 11.8 Å². The molecule has 0 spiro atoms. The molecule has 1 aliphatic rings. The second-order valence-corrected chi connectivity index (χ2v) is 7.44. The van der Waals surface area contributed by atoms with Crippen LogP contribution < -0.4 is 10.6 Å². The topological polar surface area (TPSA) is 61.4 Å². The number of carbonyl (C=O) groups excluding carboxylic acids is 2. The maximum absolute atomic E-state index is 12.9. The Labute approximate surface area is 151 Å². The summed E-state index contributed by atoms with van der Waals surface area (Å²) >= 11 is 0. The Morgan fingerprint density at radius 2 is 1.88 bits per heavy atom. The number of carbonyl (C=O) groups is 2. The smallest absolute Gasteiger partial charge is 0.253 e. The normalized spacial score (nSPS) is 20.4. The van der Waals surface area contributed by atoms with Crippen molar-refractivity contribution in [1.82, 2.24) is 10.2 Å². The summed E-state index contributed by atoms with van der Waals surface area (Å²) in [7, 11) is 1.87. The molecule has 5 nitrogen and oxygen atoms in total. The van der Waals surface area contributed by atoms with Crippen LogP contribution in [0.5, 0.6) is 0 Å². The summed E-state index contributed by atoms with van der Waals surface area (Å²) in [5.41, 5.74) is 2.36. The van der Waals surface area contributed by atoms with Crippen molar-refractivity contribution in [3.05, 3.63) is 29.3 Å². The highest BCUT2D eigenvalue weighted by Gasteiger charge is 2.26. The number of amides is 2. The molecule has 2 N–H and O–H groups in total. The summed E-state index contributed by atoms with van der Waals surface area (Å²) in [6.07, 6.45) is 2.44. The number of nitrogens with zero attached hydrogens (tertiary/aromatic N) is 1. The molecule has 1 saturated heterocycles. The molecule has 1 aromatic carbocycles. The van der Waals surface area contributed by atoms with Crippen LogP contribution in [0.4, 0.5) is 5.69 Å². The van der Waals surface area contributed by atoms with Crippen molar-refractivity contribution < 1.29 is 9.59 Å². The average molecular weight is 345 g/mol. The number of piperidine rings is 1. The van der Waals surface area contributed by atoms with Gasteiger partial charge in [-0.3, -0.25) is 9.59 Å². The van der Waals surface area contributed by atoms with Gasteiger partial charge in [0.15, 0.2) is 0 Å². The number of benzene rings is 1. The van der Waals surface area contributed by atoms with Gasteiger partial charge in [-0.25, -0.2) is 0 Å². The summed E-state index contributed by atoms with van der Waals surface area (Å²) in [6, 6.07) is 5.59. The third kappa shape index (κ3) is 5.56. The zero-order chi connectivity index (χ0) is 18.4. The second-order valence-electron chi connectivity index (χ2n) is 7.44. The first-order chi connectivity index (χ1) is 11.9. The van der Waals surface area contributed by atoms with E-state index in [1.807, 2.05) is 37.1 Å². The van der Waals surface area contributed by atoms with Gasteiger partial charge in [0.2, 0.25) is 5.91 Å². The summed E-state index contributed by atoms with van der Waals surface area (Å²) in [6.45, 7) is 8.77. The largest absolute Gasteiger partial charge is 0.338 e. The highest BCUT2D eigenvalue weighted by Crippen LogP contribution is 2.24. The number of hydrogen-bond acceptors (Lipinski definition) is 3. The van der Waals surface area contributed by atoms with E-state index in [0.29, 0.717) is 23.8 Å². The van der Waals surface area contributed by atoms with E-state index in [1.165, 1.54) is 6.42 Å². The summed E-state index contributed by atoms with van der Waals surface area (Å²) < 4.78 is 0. The number of anilines is 1. The van der Waals surface area contributed by atoms with Gasteiger partial charge in [-0.2, -0.15) is 0 Å². The molecule has 1 fully saturated rings. The van der Waals surface area contributed by atoms with Gasteiger partial charge in [0, 0.05) is 30.8 Å². The minimum Gasteiger partial charge on any atom is -0.338 e. The Hall–Kier alpha value is -1.88. The molecule has 25 heavy (non-hydrogen) atoms. The molecule has 5 heteroatoms. The van der Waals surface area contributed by atoms with Gasteiger partial charge in [0.05, 0.1) is 0 Å². The second kappa shape index (κ2) is 8.99. The zero-order valence-corrected chi connectivity index (χ0v) is 15.9. The molecule has 0 radical (unpaired) electrons. The lowest BCUT2D eigenvalue weighted by atomic mass is 9.91. The number of likely N-dealkylation sites (tertiary alicyclic amines) is 1. The fourth-order valence-corrected chi connectivity index (χ4v) is 3.54. The third-order valence-corrected chi connectivity index (χ3v) is 4.75. The highest BCUT2D eigenvalue weighted by atomic mass is 16.2. The van der Waals surface area contributed by atoms with Gasteiger partial charge in [-0.15, -0.1) is 0 Å². The van der Waals surface area contributed by atoms with E-state index in [-0.39, 0.29) is 11.8 Å². The van der Waals surface area contributed by atoms with Crippen LogP contribution in [0.3, 0.4) is 0 Å². The van der Waals surface area contributed by atoms with Gasteiger partial charge in [0.25, 0.3) is 5.91 Å². The molecule has 0 saturated carbocycles. The van der Waals surface area contributed by atoms with Gasteiger partial charge >= 0.3 is 0 Å². The van der Waals surface area contributed by atoms with E-state index in [2.05, 4.69) is 24.5 Å². The van der Waals surface area contributed by atoms with E-state index in [9.17, 15) is 9.59 Å². The Morgan fingerprint density at radius 1 is 1.20 bits per heavy atom. The van der Waals surface area contributed by atoms with E-state index in [1.54, 1.807) is 0 Å². The quantitative estimate of drug-likeness (QED) is 0.779. The Kier molecular flexibility index (Phi) is 7.00. The molecule has 1 aromatic rings. The van der Waals surface area contributed by atoms with Crippen LogP contribution in [0.25, 0.3) is 0 Å². The van der Waals surface area contributed by atoms with Crippen LogP contribution in [0.15, 0.2) is 18.2 Å². The average Bonchev–Trinajstić information content (AvgIpc) is 2.55. The van der Waals surface area contributed by atoms with Crippen LogP contribution in [0.1, 0.15) is 49.0 Å². The lowest BCUT2D eigenvalue weighted by molar-refractivity contribution is -0.116. The zero-order valence-electron chi connectivity index (χ0n) is 15.9. The first-order valence-corrected chi connectivity index (χ1v) is 9.25. The molecular weight excluding hydrogens is 314 g/mol. The number of aryl methyl sites for hydroxylation is 1. The Bertz CT molecular complexity index is 605. The van der Waals surface area contributed by atoms with Gasteiger partial charge < -0.3 is 15.5 Å². The van der Waals surface area contributed by atoms with E-state index in [0.717, 1.165) is 37.3 Å². The monoisotopic (exact) mass is 345 g/mol. The molecule has 0 bridgehead atoms. The standard InChI is InChI=1S/C20H31N3O2/c1-14-10-15(2)13-23(12-14)20(25)17-8-7-16(3)18(11-17)22-19(24)6-5-9-21-4/h7-8,11,14-15,21H,5-6,9-10,12-13H2,1-4H3,(H,22,24). The van der Waals surface area contributed by atoms with Crippen LogP contribution in [-0.2, 0) is 4.79 Å². The highest BCUT2D eigenvalue weighted by molar-refractivity contribution is 5.97. The molecule has 2 unspecified atom stereocenters. The van der Waals surface area contributed by atoms with Crippen molar-refractivity contribution in [3.63, 3.8) is 0 Å². The predicted molar refractivity (Wildman–Crippen MR) is 102 cm³/mol. The Balaban J connectivity index is 2.07. The third-order valence-electron chi connectivity index (χ3n) is 4.75. The summed E-state index contributed by atoms with van der Waals surface area (Å²) in [5.74, 6) is 1.11. The molecule has 1 aliphatic heterocycles. The Morgan fingerprint density at radius 3 is 2.52 bits per heavy atom. The van der Waals surface area contributed by atoms with Crippen LogP contribution >= 0.6 is 0 Å². The maximum atomic E-state index is 12.9. The van der Waals surface area contributed by atoms with Crippen molar-refractivity contribution in [2.45, 2.75) is 40.0 Å². The van der Waals surface area contributed by atoms with Crippen LogP contribution in [0.2, 0.25) is 0 Å². The van der Waals surface area contributed by atoms with Crippen LogP contribution in [0, 0.1) is 18.8 Å². The fourth-order valence-electron chi connectivity index (χ4n) is 3.54. The van der Waals surface area contributed by atoms with Gasteiger partial charge in [0.1, 0.15) is 0 Å². The summed E-state index contributed by atoms with van der Waals surface area (Å²) in [5, 5.41) is 5.98. The molecule has 0 aromatic heterocycles. The molecule has 2 atom stereocenters.